The first-order chi connectivity index (χ1) is 17.4. The van der Waals surface area contributed by atoms with Gasteiger partial charge in [-0.25, -0.2) is 0 Å². The molecule has 3 aliphatic rings. The van der Waals surface area contributed by atoms with Gasteiger partial charge >= 0.3 is 0 Å². The van der Waals surface area contributed by atoms with Crippen LogP contribution in [0.1, 0.15) is 121 Å². The van der Waals surface area contributed by atoms with Gasteiger partial charge in [-0.05, 0) is 120 Å². The van der Waals surface area contributed by atoms with Crippen LogP contribution >= 0.6 is 0 Å². The topological polar surface area (TPSA) is 9.23 Å². The highest BCUT2D eigenvalue weighted by Crippen LogP contribution is 2.59. The van der Waals surface area contributed by atoms with Gasteiger partial charge in [-0.3, -0.25) is 0 Å². The Balaban J connectivity index is 1.77. The maximum absolute atomic E-state index is 6.97. The van der Waals surface area contributed by atoms with Crippen LogP contribution in [-0.4, -0.2) is 14.4 Å². The molecule has 0 aromatic heterocycles. The van der Waals surface area contributed by atoms with Crippen LogP contribution in [0.2, 0.25) is 18.1 Å². The summed E-state index contributed by atoms with van der Waals surface area (Å²) in [7, 11) is -1.89. The lowest BCUT2D eigenvalue weighted by atomic mass is 9.62. The van der Waals surface area contributed by atoms with E-state index in [1.165, 1.54) is 61.7 Å². The molecule has 2 heteroatoms. The van der Waals surface area contributed by atoms with Gasteiger partial charge in [0.05, 0.1) is 6.10 Å². The lowest BCUT2D eigenvalue weighted by molar-refractivity contribution is 0.106. The first-order valence-corrected chi connectivity index (χ1v) is 18.7. The Morgan fingerprint density at radius 1 is 1.13 bits per heavy atom. The molecule has 0 N–H and O–H groups in total. The molecule has 0 heterocycles. The van der Waals surface area contributed by atoms with Crippen molar-refractivity contribution >= 4 is 8.32 Å². The highest BCUT2D eigenvalue weighted by molar-refractivity contribution is 6.74. The van der Waals surface area contributed by atoms with Crippen LogP contribution in [-0.2, 0) is 4.43 Å². The molecule has 3 rings (SSSR count). The summed E-state index contributed by atoms with van der Waals surface area (Å²) in [4.78, 5) is 0. The third kappa shape index (κ3) is 6.88. The van der Waals surface area contributed by atoms with E-state index in [0.717, 1.165) is 24.2 Å². The predicted octanol–water partition coefficient (Wildman–Crippen LogP) is 11.5. The zero-order chi connectivity index (χ0) is 28.7. The molecule has 0 aromatic rings. The molecule has 0 aliphatic heterocycles. The Kier molecular flexibility index (Phi) is 9.63. The highest BCUT2D eigenvalue weighted by Gasteiger charge is 2.49. The number of rotatable bonds is 8. The second kappa shape index (κ2) is 11.6. The summed E-state index contributed by atoms with van der Waals surface area (Å²) in [5.41, 5.74) is 6.67. The molecule has 0 spiro atoms. The highest BCUT2D eigenvalue weighted by atomic mass is 28.4. The first-order valence-electron chi connectivity index (χ1n) is 15.8. The molecule has 3 aliphatic carbocycles. The van der Waals surface area contributed by atoms with Crippen LogP contribution in [0.15, 0.2) is 47.1 Å². The second-order valence-electron chi connectivity index (χ2n) is 16.4. The van der Waals surface area contributed by atoms with E-state index >= 15 is 0 Å². The standard InChI is InChI=1S/C36H62OSi/c1-25(16-14-22-34(5,6)7)31-20-21-32-29(17-15-23-36(31,32)11)18-19-30-24-26(2)27(3)33(28(30)4)37-38(12,13)35(8,9)10/h17-19,25-26,31-33H,3,14-16,20-24H2,1-2,4-13H3/b19-18-/t25-,26+,31?,32?,33-,36+/m0/s1. The molecule has 0 aromatic carbocycles. The van der Waals surface area contributed by atoms with Gasteiger partial charge in [0.2, 0.25) is 0 Å². The smallest absolute Gasteiger partial charge is 0.193 e. The SMILES string of the molecule is C=C1[C@H](O[Si](C)(C)C(C)(C)C)C(C)=C(/C=C\C2=CCC[C@@]3(C)C2CCC3[C@@H](C)CCCC(C)(C)C)C[C@H]1C. The molecule has 216 valence electrons. The van der Waals surface area contributed by atoms with Gasteiger partial charge in [-0.15, -0.1) is 0 Å². The molecule has 0 bridgehead atoms. The summed E-state index contributed by atoms with van der Waals surface area (Å²) in [5, 5.41) is 0.199. The largest absolute Gasteiger partial charge is 0.407 e. The number of hydrogen-bond donors (Lipinski definition) is 0. The number of fused-ring (bicyclic) bond motifs is 1. The van der Waals surface area contributed by atoms with Crippen molar-refractivity contribution in [2.24, 2.45) is 34.5 Å². The summed E-state index contributed by atoms with van der Waals surface area (Å²) in [6, 6.07) is 0. The molecule has 2 unspecified atom stereocenters. The molecule has 0 radical (unpaired) electrons. The average molecular weight is 539 g/mol. The molecule has 0 amide bonds. The van der Waals surface area contributed by atoms with Gasteiger partial charge in [0.25, 0.3) is 0 Å². The maximum atomic E-state index is 6.97. The lowest BCUT2D eigenvalue weighted by Crippen LogP contribution is -2.46. The third-order valence-electron chi connectivity index (χ3n) is 11.2. The van der Waals surface area contributed by atoms with Crippen LogP contribution in [0.5, 0.6) is 0 Å². The van der Waals surface area contributed by atoms with E-state index in [9.17, 15) is 0 Å². The average Bonchev–Trinajstić information content (AvgIpc) is 3.14. The Morgan fingerprint density at radius 3 is 2.39 bits per heavy atom. The summed E-state index contributed by atoms with van der Waals surface area (Å²) in [6.45, 7) is 33.3. The van der Waals surface area contributed by atoms with Crippen molar-refractivity contribution in [3.63, 3.8) is 0 Å². The zero-order valence-corrected chi connectivity index (χ0v) is 28.4. The van der Waals surface area contributed by atoms with Crippen molar-refractivity contribution in [2.45, 2.75) is 145 Å². The second-order valence-corrected chi connectivity index (χ2v) is 21.2. The fraction of sp³-hybridized carbons (Fsp3) is 0.778. The lowest BCUT2D eigenvalue weighted by Gasteiger charge is -2.43. The fourth-order valence-electron chi connectivity index (χ4n) is 7.50. The van der Waals surface area contributed by atoms with E-state index in [-0.39, 0.29) is 11.1 Å². The van der Waals surface area contributed by atoms with Crippen molar-refractivity contribution in [2.75, 3.05) is 0 Å². The van der Waals surface area contributed by atoms with Gasteiger partial charge in [0.1, 0.15) is 0 Å². The van der Waals surface area contributed by atoms with Crippen LogP contribution in [0.25, 0.3) is 0 Å². The maximum Gasteiger partial charge on any atom is 0.193 e. The Hall–Kier alpha value is -0.863. The van der Waals surface area contributed by atoms with Crippen molar-refractivity contribution in [1.29, 1.82) is 0 Å². The summed E-state index contributed by atoms with van der Waals surface area (Å²) >= 11 is 0. The predicted molar refractivity (Wildman–Crippen MR) is 171 cm³/mol. The minimum Gasteiger partial charge on any atom is -0.407 e. The number of hydrogen-bond acceptors (Lipinski definition) is 1. The molecular formula is C36H62OSi. The van der Waals surface area contributed by atoms with Gasteiger partial charge < -0.3 is 4.43 Å². The van der Waals surface area contributed by atoms with Gasteiger partial charge in [0.15, 0.2) is 8.32 Å². The van der Waals surface area contributed by atoms with E-state index < -0.39 is 8.32 Å². The van der Waals surface area contributed by atoms with Crippen molar-refractivity contribution in [1.82, 2.24) is 0 Å². The van der Waals surface area contributed by atoms with Crippen LogP contribution in [0.3, 0.4) is 0 Å². The van der Waals surface area contributed by atoms with E-state index in [2.05, 4.69) is 107 Å². The van der Waals surface area contributed by atoms with E-state index in [4.69, 9.17) is 4.43 Å². The zero-order valence-electron chi connectivity index (χ0n) is 27.4. The molecule has 6 atom stereocenters. The Bertz CT molecular complexity index is 949. The van der Waals surface area contributed by atoms with Crippen LogP contribution in [0.4, 0.5) is 0 Å². The van der Waals surface area contributed by atoms with Gasteiger partial charge in [-0.1, -0.05) is 100.0 Å². The van der Waals surface area contributed by atoms with Gasteiger partial charge in [-0.2, -0.15) is 0 Å². The minimum absolute atomic E-state index is 0.0645. The molecule has 1 fully saturated rings. The first kappa shape index (κ1) is 31.7. The van der Waals surface area contributed by atoms with Crippen molar-refractivity contribution in [3.8, 4) is 0 Å². The Morgan fingerprint density at radius 2 is 1.79 bits per heavy atom. The van der Waals surface area contributed by atoms with Crippen molar-refractivity contribution in [3.05, 3.63) is 47.1 Å². The quantitative estimate of drug-likeness (QED) is 0.220. The molecule has 38 heavy (non-hydrogen) atoms. The minimum atomic E-state index is -1.89. The Labute approximate surface area is 238 Å². The fourth-order valence-corrected chi connectivity index (χ4v) is 8.77. The summed E-state index contributed by atoms with van der Waals surface area (Å²) in [5.74, 6) is 2.88. The monoisotopic (exact) mass is 538 g/mol. The number of allylic oxidation sites excluding steroid dienone is 5. The van der Waals surface area contributed by atoms with Crippen molar-refractivity contribution < 1.29 is 4.43 Å². The molecular weight excluding hydrogens is 476 g/mol. The molecule has 1 saturated carbocycles. The van der Waals surface area contributed by atoms with Gasteiger partial charge in [0, 0.05) is 0 Å². The molecule has 0 saturated heterocycles. The van der Waals surface area contributed by atoms with Crippen LogP contribution in [0, 0.1) is 34.5 Å². The molecule has 1 nitrogen and oxygen atoms in total. The van der Waals surface area contributed by atoms with E-state index in [1.54, 1.807) is 5.57 Å². The normalized spacial score (nSPS) is 32.1. The van der Waals surface area contributed by atoms with E-state index in [1.807, 2.05) is 0 Å². The summed E-state index contributed by atoms with van der Waals surface area (Å²) in [6.07, 6.45) is 18.2. The summed E-state index contributed by atoms with van der Waals surface area (Å²) < 4.78 is 6.97. The third-order valence-corrected chi connectivity index (χ3v) is 15.7. The van der Waals surface area contributed by atoms with E-state index in [0.29, 0.717) is 16.7 Å². The van der Waals surface area contributed by atoms with Crippen LogP contribution < -0.4 is 0 Å².